The fourth-order valence-electron chi connectivity index (χ4n) is 2.45. The summed E-state index contributed by atoms with van der Waals surface area (Å²) in [5, 5.41) is 0. The average Bonchev–Trinajstić information content (AvgIpc) is 2.40. The zero-order valence-electron chi connectivity index (χ0n) is 11.3. The molecule has 0 amide bonds. The molecule has 0 aliphatic carbocycles. The summed E-state index contributed by atoms with van der Waals surface area (Å²) in [5.41, 5.74) is 2.81. The first kappa shape index (κ1) is 12.9. The van der Waals surface area contributed by atoms with Crippen LogP contribution in [0.5, 0.6) is 0 Å². The van der Waals surface area contributed by atoms with Gasteiger partial charge in [0.05, 0.1) is 0 Å². The van der Waals surface area contributed by atoms with E-state index in [1.807, 2.05) is 0 Å². The molecule has 0 bridgehead atoms. The topological polar surface area (TPSA) is 0 Å². The van der Waals surface area contributed by atoms with Crippen LogP contribution >= 0.6 is 0 Å². The van der Waals surface area contributed by atoms with E-state index < -0.39 is 0 Å². The Morgan fingerprint density at radius 3 is 2.06 bits per heavy atom. The molecular formula is C18H21. The molecular weight excluding hydrogens is 216 g/mol. The summed E-state index contributed by atoms with van der Waals surface area (Å²) in [7, 11) is 0. The van der Waals surface area contributed by atoms with Gasteiger partial charge < -0.3 is 0 Å². The van der Waals surface area contributed by atoms with Crippen LogP contribution in [0.2, 0.25) is 0 Å². The maximum atomic E-state index is 2.33. The molecule has 0 saturated heterocycles. The van der Waals surface area contributed by atoms with Crippen molar-refractivity contribution in [2.45, 2.75) is 26.7 Å². The van der Waals surface area contributed by atoms with Gasteiger partial charge in [0.25, 0.3) is 0 Å². The van der Waals surface area contributed by atoms with E-state index in [9.17, 15) is 0 Å². The van der Waals surface area contributed by atoms with Gasteiger partial charge in [0, 0.05) is 5.92 Å². The summed E-state index contributed by atoms with van der Waals surface area (Å²) in [4.78, 5) is 0. The minimum atomic E-state index is 0.688. The molecule has 0 N–H and O–H groups in total. The van der Waals surface area contributed by atoms with Crippen molar-refractivity contribution < 1.29 is 0 Å². The van der Waals surface area contributed by atoms with Gasteiger partial charge in [-0.1, -0.05) is 74.5 Å². The summed E-state index contributed by atoms with van der Waals surface area (Å²) in [6, 6.07) is 21.4. The van der Waals surface area contributed by atoms with E-state index in [1.165, 1.54) is 23.5 Å². The standard InChI is InChI=1S/C18H21/c1-15(14-17-9-5-3-6-10-17)13-16(2)18-11-7-4-8-12-18/h3-12,15H,13-14H2,1-2H3. The van der Waals surface area contributed by atoms with Crippen molar-refractivity contribution in [2.75, 3.05) is 0 Å². The van der Waals surface area contributed by atoms with Gasteiger partial charge in [-0.2, -0.15) is 0 Å². The number of hydrogen-bond acceptors (Lipinski definition) is 0. The maximum Gasteiger partial charge on any atom is 0.00216 e. The second-order valence-electron chi connectivity index (χ2n) is 5.15. The minimum absolute atomic E-state index is 0.688. The average molecular weight is 237 g/mol. The fourth-order valence-corrected chi connectivity index (χ4v) is 2.45. The van der Waals surface area contributed by atoms with Gasteiger partial charge in [-0.05, 0) is 29.9 Å². The largest absolute Gasteiger partial charge is 0.0622 e. The molecule has 0 heterocycles. The lowest BCUT2D eigenvalue weighted by molar-refractivity contribution is 0.549. The van der Waals surface area contributed by atoms with Crippen molar-refractivity contribution in [3.8, 4) is 0 Å². The van der Waals surface area contributed by atoms with Gasteiger partial charge in [0.1, 0.15) is 0 Å². The third-order valence-corrected chi connectivity index (χ3v) is 3.35. The predicted octanol–water partition coefficient (Wildman–Crippen LogP) is 4.90. The number of rotatable bonds is 5. The van der Waals surface area contributed by atoms with E-state index in [0.29, 0.717) is 5.92 Å². The molecule has 0 spiro atoms. The first-order chi connectivity index (χ1) is 8.75. The van der Waals surface area contributed by atoms with E-state index in [4.69, 9.17) is 0 Å². The molecule has 18 heavy (non-hydrogen) atoms. The molecule has 0 saturated carbocycles. The van der Waals surface area contributed by atoms with Crippen molar-refractivity contribution in [1.82, 2.24) is 0 Å². The Morgan fingerprint density at radius 2 is 1.44 bits per heavy atom. The second-order valence-corrected chi connectivity index (χ2v) is 5.15. The lowest BCUT2D eigenvalue weighted by Gasteiger charge is -2.17. The first-order valence-electron chi connectivity index (χ1n) is 6.67. The molecule has 2 rings (SSSR count). The summed E-state index contributed by atoms with van der Waals surface area (Å²) in [6.07, 6.45) is 2.32. The van der Waals surface area contributed by atoms with Crippen LogP contribution in [0.15, 0.2) is 60.7 Å². The molecule has 0 nitrogen and oxygen atoms in total. The van der Waals surface area contributed by atoms with E-state index in [0.717, 1.165) is 6.42 Å². The maximum absolute atomic E-state index is 2.33. The quantitative estimate of drug-likeness (QED) is 0.694. The SMILES string of the molecule is C[C](CC(C)Cc1ccccc1)c1ccccc1. The third kappa shape index (κ3) is 3.73. The molecule has 93 valence electrons. The van der Waals surface area contributed by atoms with Crippen LogP contribution in [0.4, 0.5) is 0 Å². The summed E-state index contributed by atoms with van der Waals surface area (Å²) < 4.78 is 0. The fraction of sp³-hybridized carbons (Fsp3) is 0.278. The lowest BCUT2D eigenvalue weighted by atomic mass is 9.88. The van der Waals surface area contributed by atoms with Crippen molar-refractivity contribution in [3.05, 3.63) is 77.7 Å². The first-order valence-corrected chi connectivity index (χ1v) is 6.67. The van der Waals surface area contributed by atoms with Gasteiger partial charge in [0.2, 0.25) is 0 Å². The van der Waals surface area contributed by atoms with Crippen LogP contribution in [-0.4, -0.2) is 0 Å². The molecule has 1 unspecified atom stereocenters. The van der Waals surface area contributed by atoms with Crippen molar-refractivity contribution in [3.63, 3.8) is 0 Å². The highest BCUT2D eigenvalue weighted by Gasteiger charge is 2.11. The Balaban J connectivity index is 1.90. The molecule has 0 fully saturated rings. The van der Waals surface area contributed by atoms with Gasteiger partial charge in [-0.15, -0.1) is 0 Å². The molecule has 1 atom stereocenters. The highest BCUT2D eigenvalue weighted by molar-refractivity contribution is 5.29. The minimum Gasteiger partial charge on any atom is -0.0622 e. The summed E-state index contributed by atoms with van der Waals surface area (Å²) in [5.74, 6) is 2.17. The molecule has 0 heteroatoms. The van der Waals surface area contributed by atoms with Crippen LogP contribution in [0.1, 0.15) is 31.4 Å². The zero-order chi connectivity index (χ0) is 12.8. The highest BCUT2D eigenvalue weighted by Crippen LogP contribution is 2.24. The highest BCUT2D eigenvalue weighted by atomic mass is 14.2. The molecule has 0 aromatic heterocycles. The smallest absolute Gasteiger partial charge is 0.00216 e. The molecule has 2 aromatic carbocycles. The van der Waals surface area contributed by atoms with Crippen molar-refractivity contribution in [1.29, 1.82) is 0 Å². The van der Waals surface area contributed by atoms with Gasteiger partial charge in [-0.3, -0.25) is 0 Å². The Hall–Kier alpha value is -1.56. The summed E-state index contributed by atoms with van der Waals surface area (Å²) in [6.45, 7) is 4.58. The molecule has 2 aromatic rings. The predicted molar refractivity (Wildman–Crippen MR) is 78.4 cm³/mol. The second kappa shape index (κ2) is 6.39. The van der Waals surface area contributed by atoms with Crippen molar-refractivity contribution >= 4 is 0 Å². The zero-order valence-corrected chi connectivity index (χ0v) is 11.3. The molecule has 0 aliphatic heterocycles. The van der Waals surface area contributed by atoms with E-state index in [1.54, 1.807) is 0 Å². The molecule has 1 radical (unpaired) electrons. The van der Waals surface area contributed by atoms with Crippen LogP contribution in [-0.2, 0) is 6.42 Å². The van der Waals surface area contributed by atoms with E-state index >= 15 is 0 Å². The van der Waals surface area contributed by atoms with Crippen LogP contribution in [0, 0.1) is 11.8 Å². The van der Waals surface area contributed by atoms with E-state index in [2.05, 4.69) is 74.5 Å². The number of hydrogen-bond donors (Lipinski definition) is 0. The van der Waals surface area contributed by atoms with Crippen molar-refractivity contribution in [2.24, 2.45) is 5.92 Å². The Bertz CT molecular complexity index is 444. The summed E-state index contributed by atoms with van der Waals surface area (Å²) >= 11 is 0. The van der Waals surface area contributed by atoms with Gasteiger partial charge in [0.15, 0.2) is 0 Å². The monoisotopic (exact) mass is 237 g/mol. The molecule has 0 aliphatic rings. The van der Waals surface area contributed by atoms with E-state index in [-0.39, 0.29) is 0 Å². The van der Waals surface area contributed by atoms with Crippen LogP contribution < -0.4 is 0 Å². The van der Waals surface area contributed by atoms with Crippen LogP contribution in [0.3, 0.4) is 0 Å². The Morgan fingerprint density at radius 1 is 0.889 bits per heavy atom. The Labute approximate surface area is 111 Å². The van der Waals surface area contributed by atoms with Gasteiger partial charge in [-0.25, -0.2) is 0 Å². The van der Waals surface area contributed by atoms with Crippen LogP contribution in [0.25, 0.3) is 0 Å². The lowest BCUT2D eigenvalue weighted by Crippen LogP contribution is -2.05. The third-order valence-electron chi connectivity index (χ3n) is 3.35. The number of benzene rings is 2. The Kier molecular flexibility index (Phi) is 4.58. The normalized spacial score (nSPS) is 12.6. The van der Waals surface area contributed by atoms with Gasteiger partial charge >= 0.3 is 0 Å².